The number of methoxy groups -OCH3 is 1. The Bertz CT molecular complexity index is 1730. The SMILES string of the molecule is CCOC(=O)C1=C(C(F)(F)F)N=c2s/c(=C\c3cc(Br)cc(OC)c3OCC#N)c(=O)n2[C@@H]1c1ccc(Cl)cc1. The average molecular weight is 657 g/mol. The molecule has 4 rings (SSSR count). The predicted octanol–water partition coefficient (Wildman–Crippen LogP) is 4.67. The summed E-state index contributed by atoms with van der Waals surface area (Å²) in [6.45, 7) is 0.937. The number of hydrogen-bond acceptors (Lipinski definition) is 8. The van der Waals surface area contributed by atoms with Crippen LogP contribution >= 0.6 is 38.9 Å². The van der Waals surface area contributed by atoms with Crippen LogP contribution in [-0.2, 0) is 9.53 Å². The summed E-state index contributed by atoms with van der Waals surface area (Å²) < 4.78 is 60.2. The zero-order valence-corrected chi connectivity index (χ0v) is 23.9. The lowest BCUT2D eigenvalue weighted by atomic mass is 9.95. The highest BCUT2D eigenvalue weighted by Crippen LogP contribution is 2.39. The van der Waals surface area contributed by atoms with Crippen molar-refractivity contribution < 1.29 is 32.2 Å². The van der Waals surface area contributed by atoms with Crippen molar-refractivity contribution >= 4 is 50.9 Å². The number of halogens is 5. The number of nitrogens with zero attached hydrogens (tertiary/aromatic N) is 3. The maximum Gasteiger partial charge on any atom is 0.434 e. The van der Waals surface area contributed by atoms with Gasteiger partial charge in [0.05, 0.1) is 29.9 Å². The number of allylic oxidation sites excluding steroid dienone is 1. The molecule has 2 aromatic carbocycles. The van der Waals surface area contributed by atoms with Crippen molar-refractivity contribution in [3.05, 3.63) is 88.0 Å². The van der Waals surface area contributed by atoms with E-state index in [1.165, 1.54) is 44.4 Å². The molecule has 0 fully saturated rings. The molecule has 0 unspecified atom stereocenters. The number of nitriles is 1. The van der Waals surface area contributed by atoms with Gasteiger partial charge < -0.3 is 14.2 Å². The minimum atomic E-state index is -5.03. The normalized spacial score (nSPS) is 15.2. The highest BCUT2D eigenvalue weighted by Gasteiger charge is 2.45. The number of alkyl halides is 3. The molecule has 1 aromatic heterocycles. The molecular weight excluding hydrogens is 639 g/mol. The zero-order chi connectivity index (χ0) is 29.2. The minimum Gasteiger partial charge on any atom is -0.493 e. The van der Waals surface area contributed by atoms with E-state index >= 15 is 0 Å². The summed E-state index contributed by atoms with van der Waals surface area (Å²) in [5.74, 6) is -0.848. The number of fused-ring (bicyclic) bond motifs is 1. The fourth-order valence-corrected chi connectivity index (χ4v) is 5.62. The molecule has 0 amide bonds. The number of esters is 1. The van der Waals surface area contributed by atoms with E-state index in [0.29, 0.717) is 26.4 Å². The van der Waals surface area contributed by atoms with E-state index in [1.54, 1.807) is 12.1 Å². The molecule has 208 valence electrons. The first-order chi connectivity index (χ1) is 19.0. The van der Waals surface area contributed by atoms with E-state index in [0.717, 1.165) is 4.57 Å². The van der Waals surface area contributed by atoms with Crippen LogP contribution in [-0.4, -0.2) is 37.0 Å². The second-order valence-corrected chi connectivity index (χ2v) is 10.4. The lowest BCUT2D eigenvalue weighted by molar-refractivity contribution is -0.140. The summed E-state index contributed by atoms with van der Waals surface area (Å²) in [6.07, 6.45) is -3.64. The van der Waals surface area contributed by atoms with Crippen molar-refractivity contribution in [2.24, 2.45) is 4.99 Å². The van der Waals surface area contributed by atoms with Gasteiger partial charge in [-0.05, 0) is 42.8 Å². The molecule has 0 saturated carbocycles. The Morgan fingerprint density at radius 2 is 2.00 bits per heavy atom. The molecule has 3 aromatic rings. The molecule has 0 saturated heterocycles. The standard InChI is InChI=1S/C26H18BrClF3N3O5S/c1-3-38-24(36)19-20(13-4-6-16(28)7-5-13)34-23(35)18(40-25(34)33-22(19)26(29,30)31)11-14-10-15(27)12-17(37-2)21(14)39-9-8-32/h4-7,10-12,20H,3,9H2,1-2H3/b18-11-/t20-/m1/s1. The Kier molecular flexibility index (Phi) is 8.72. The van der Waals surface area contributed by atoms with Gasteiger partial charge in [-0.3, -0.25) is 9.36 Å². The van der Waals surface area contributed by atoms with Gasteiger partial charge in [0.25, 0.3) is 5.56 Å². The van der Waals surface area contributed by atoms with Crippen LogP contribution in [0.1, 0.15) is 24.1 Å². The van der Waals surface area contributed by atoms with Gasteiger partial charge in [-0.2, -0.15) is 18.4 Å². The van der Waals surface area contributed by atoms with Crippen molar-refractivity contribution in [1.29, 1.82) is 5.26 Å². The van der Waals surface area contributed by atoms with Crippen LogP contribution in [0.3, 0.4) is 0 Å². The number of benzene rings is 2. The van der Waals surface area contributed by atoms with E-state index in [1.807, 2.05) is 6.07 Å². The first kappa shape index (κ1) is 29.4. The summed E-state index contributed by atoms with van der Waals surface area (Å²) in [5, 5.41) is 9.30. The van der Waals surface area contributed by atoms with Gasteiger partial charge in [0.1, 0.15) is 6.07 Å². The highest BCUT2D eigenvalue weighted by atomic mass is 79.9. The van der Waals surface area contributed by atoms with Crippen molar-refractivity contribution in [3.63, 3.8) is 0 Å². The van der Waals surface area contributed by atoms with Gasteiger partial charge in [0, 0.05) is 15.1 Å². The third kappa shape index (κ3) is 5.79. The molecule has 0 aliphatic carbocycles. The Morgan fingerprint density at radius 1 is 1.30 bits per heavy atom. The Morgan fingerprint density at radius 3 is 2.60 bits per heavy atom. The smallest absolute Gasteiger partial charge is 0.434 e. The molecule has 1 atom stereocenters. The van der Waals surface area contributed by atoms with Crippen LogP contribution in [0.25, 0.3) is 6.08 Å². The monoisotopic (exact) mass is 655 g/mol. The highest BCUT2D eigenvalue weighted by molar-refractivity contribution is 9.10. The maximum atomic E-state index is 14.3. The fourth-order valence-electron chi connectivity index (χ4n) is 4.05. The summed E-state index contributed by atoms with van der Waals surface area (Å²) >= 11 is 10.0. The number of aromatic nitrogens is 1. The quantitative estimate of drug-likeness (QED) is 0.343. The summed E-state index contributed by atoms with van der Waals surface area (Å²) in [4.78, 5) is 30.2. The molecule has 1 aliphatic heterocycles. The molecule has 0 N–H and O–H groups in total. The number of carbonyl (C=O) groups excluding carboxylic acids is 1. The van der Waals surface area contributed by atoms with Gasteiger partial charge >= 0.3 is 12.1 Å². The van der Waals surface area contributed by atoms with E-state index < -0.39 is 35.0 Å². The molecule has 0 radical (unpaired) electrons. The average Bonchev–Trinajstić information content (AvgIpc) is 3.21. The van der Waals surface area contributed by atoms with Crippen molar-refractivity contribution in [2.45, 2.75) is 19.1 Å². The van der Waals surface area contributed by atoms with E-state index in [9.17, 15) is 22.8 Å². The van der Waals surface area contributed by atoms with Crippen LogP contribution in [0.2, 0.25) is 5.02 Å². The van der Waals surface area contributed by atoms with Gasteiger partial charge in [-0.25, -0.2) is 9.79 Å². The lowest BCUT2D eigenvalue weighted by Crippen LogP contribution is -2.41. The maximum absolute atomic E-state index is 14.3. The van der Waals surface area contributed by atoms with Crippen LogP contribution in [0.4, 0.5) is 13.2 Å². The van der Waals surface area contributed by atoms with Crippen LogP contribution in [0.5, 0.6) is 11.5 Å². The molecule has 1 aliphatic rings. The lowest BCUT2D eigenvalue weighted by Gasteiger charge is -2.26. The second-order valence-electron chi connectivity index (χ2n) is 8.09. The summed E-state index contributed by atoms with van der Waals surface area (Å²) in [6, 6.07) is 9.26. The van der Waals surface area contributed by atoms with E-state index in [-0.39, 0.29) is 39.6 Å². The Balaban J connectivity index is 2.06. The number of rotatable bonds is 7. The molecule has 14 heteroatoms. The first-order valence-electron chi connectivity index (χ1n) is 11.4. The van der Waals surface area contributed by atoms with E-state index in [4.69, 9.17) is 31.1 Å². The van der Waals surface area contributed by atoms with Crippen molar-refractivity contribution in [2.75, 3.05) is 20.3 Å². The van der Waals surface area contributed by atoms with Gasteiger partial charge in [-0.1, -0.05) is 51.0 Å². The molecule has 0 spiro atoms. The molecular formula is C26H18BrClF3N3O5S. The number of ether oxygens (including phenoxy) is 3. The van der Waals surface area contributed by atoms with Crippen molar-refractivity contribution in [3.8, 4) is 17.6 Å². The van der Waals surface area contributed by atoms with Gasteiger partial charge in [0.2, 0.25) is 0 Å². The fraction of sp³-hybridized carbons (Fsp3) is 0.231. The third-order valence-corrected chi connectivity index (χ3v) is 7.31. The number of thiazole rings is 1. The zero-order valence-electron chi connectivity index (χ0n) is 20.7. The second kappa shape index (κ2) is 11.9. The summed E-state index contributed by atoms with van der Waals surface area (Å²) in [5.41, 5.74) is -2.48. The van der Waals surface area contributed by atoms with Gasteiger partial charge in [0.15, 0.2) is 28.6 Å². The Labute approximate surface area is 242 Å². The number of carbonyl (C=O) groups is 1. The molecule has 8 nitrogen and oxygen atoms in total. The first-order valence-corrected chi connectivity index (χ1v) is 13.4. The van der Waals surface area contributed by atoms with Crippen molar-refractivity contribution in [1.82, 2.24) is 4.57 Å². The molecule has 0 bridgehead atoms. The van der Waals surface area contributed by atoms with Gasteiger partial charge in [-0.15, -0.1) is 0 Å². The largest absolute Gasteiger partial charge is 0.493 e. The molecule has 2 heterocycles. The minimum absolute atomic E-state index is 0.00805. The summed E-state index contributed by atoms with van der Waals surface area (Å²) in [7, 11) is 1.39. The number of hydrogen-bond donors (Lipinski definition) is 0. The van der Waals surface area contributed by atoms with Crippen LogP contribution in [0.15, 0.2) is 61.9 Å². The van der Waals surface area contributed by atoms with Crippen LogP contribution < -0.4 is 24.4 Å². The van der Waals surface area contributed by atoms with E-state index in [2.05, 4.69) is 20.9 Å². The topological polar surface area (TPSA) is 103 Å². The van der Waals surface area contributed by atoms with Crippen LogP contribution in [0, 0.1) is 11.3 Å². The predicted molar refractivity (Wildman–Crippen MR) is 144 cm³/mol. The molecule has 40 heavy (non-hydrogen) atoms. The third-order valence-electron chi connectivity index (χ3n) is 5.62. The Hall–Kier alpha value is -3.60.